The molecule has 2 saturated heterocycles. The highest BCUT2D eigenvalue weighted by Crippen LogP contribution is 2.65. The molecule has 3 aromatic carbocycles. The topological polar surface area (TPSA) is 129 Å². The fourth-order valence-corrected chi connectivity index (χ4v) is 10.0. The number of amides is 4. The normalized spacial score (nSPS) is 25.6. The minimum Gasteiger partial charge on any atom is -0.503 e. The van der Waals surface area contributed by atoms with Crippen LogP contribution in [0.15, 0.2) is 83.0 Å². The number of phenolic OH excluding ortho intramolecular Hbond substituents is 1. The average molecular weight is 905 g/mol. The first-order chi connectivity index (χ1) is 27.0. The van der Waals surface area contributed by atoms with Gasteiger partial charge in [-0.25, -0.2) is 9.88 Å². The molecule has 0 bridgehead atoms. The number of anilines is 2. The van der Waals surface area contributed by atoms with Crippen LogP contribution in [0, 0.1) is 30.6 Å². The predicted molar refractivity (Wildman–Crippen MR) is 208 cm³/mol. The van der Waals surface area contributed by atoms with E-state index in [9.17, 15) is 32.7 Å². The van der Waals surface area contributed by atoms with Gasteiger partial charge in [0, 0.05) is 22.2 Å². The number of carbonyl (C=O) groups excluding carboxylic acids is 4. The fourth-order valence-electron chi connectivity index (χ4n) is 9.05. The van der Waals surface area contributed by atoms with Crippen LogP contribution in [0.25, 0.3) is 0 Å². The van der Waals surface area contributed by atoms with Crippen LogP contribution in [0.3, 0.4) is 0 Å². The Labute approximate surface area is 346 Å². The number of methoxy groups -OCH3 is 1. The maximum atomic E-state index is 15.4. The number of allylic oxidation sites excluding steroid dienone is 2. The summed E-state index contributed by atoms with van der Waals surface area (Å²) in [4.78, 5) is 64.0. The number of hydrogen-bond donors (Lipinski definition) is 2. The monoisotopic (exact) mass is 902 g/mol. The van der Waals surface area contributed by atoms with E-state index < -0.39 is 75.4 Å². The molecule has 57 heavy (non-hydrogen) atoms. The summed E-state index contributed by atoms with van der Waals surface area (Å²) in [7, 11) is 1.35. The SMILES string of the molecule is COc1cc([C@H]2C3=CC[C@@H]4C(=O)N(c5ccc(C)c(Cl)c5)C(=O)[C@@H]4[C@@H]3C[C@H]3C(=O)N(Nc4ncc(C(F)(F)F)cc4Cl)C(=O)[C@@]23c2ccc(Cl)cc2)cc(Br)c1O. The van der Waals surface area contributed by atoms with Gasteiger partial charge in [0.1, 0.15) is 0 Å². The molecule has 3 heterocycles. The number of hydrazine groups is 1. The Kier molecular flexibility index (Phi) is 9.65. The van der Waals surface area contributed by atoms with Gasteiger partial charge in [0.05, 0.1) is 51.0 Å². The molecular formula is C40H29BrCl3F3N4O6. The number of pyridine rings is 1. The lowest BCUT2D eigenvalue weighted by molar-refractivity contribution is -0.139. The molecule has 17 heteroatoms. The summed E-state index contributed by atoms with van der Waals surface area (Å²) in [6.07, 6.45) is -2.35. The van der Waals surface area contributed by atoms with Gasteiger partial charge in [0.2, 0.25) is 11.8 Å². The summed E-state index contributed by atoms with van der Waals surface area (Å²) in [6, 6.07) is 15.0. The summed E-state index contributed by atoms with van der Waals surface area (Å²) in [5.41, 5.74) is 2.11. The first-order valence-electron chi connectivity index (χ1n) is 17.5. The molecule has 4 amide bonds. The summed E-state index contributed by atoms with van der Waals surface area (Å²) in [5.74, 6) is -7.84. The Morgan fingerprint density at radius 3 is 2.32 bits per heavy atom. The molecular weight excluding hydrogens is 876 g/mol. The summed E-state index contributed by atoms with van der Waals surface area (Å²) in [6.45, 7) is 1.79. The maximum absolute atomic E-state index is 15.4. The number of carbonyl (C=O) groups is 4. The van der Waals surface area contributed by atoms with Crippen molar-refractivity contribution < 1.29 is 42.2 Å². The van der Waals surface area contributed by atoms with Gasteiger partial charge >= 0.3 is 6.18 Å². The largest absolute Gasteiger partial charge is 0.503 e. The third-order valence-corrected chi connectivity index (χ3v) is 13.1. The van der Waals surface area contributed by atoms with Crippen LogP contribution in [0.4, 0.5) is 24.7 Å². The van der Waals surface area contributed by atoms with E-state index >= 15 is 4.79 Å². The van der Waals surface area contributed by atoms with E-state index in [2.05, 4.69) is 26.3 Å². The molecule has 3 fully saturated rings. The molecule has 0 radical (unpaired) electrons. The number of imide groups is 2. The van der Waals surface area contributed by atoms with Crippen molar-refractivity contribution in [3.8, 4) is 11.5 Å². The number of phenols is 1. The second-order valence-corrected chi connectivity index (χ2v) is 16.5. The third-order valence-electron chi connectivity index (χ3n) is 11.6. The number of benzene rings is 3. The zero-order valence-corrected chi connectivity index (χ0v) is 33.6. The van der Waals surface area contributed by atoms with Gasteiger partial charge in [-0.15, -0.1) is 0 Å². The second kappa shape index (κ2) is 14.0. The van der Waals surface area contributed by atoms with E-state index in [1.54, 1.807) is 61.5 Å². The quantitative estimate of drug-likeness (QED) is 0.145. The Morgan fingerprint density at radius 2 is 1.67 bits per heavy atom. The number of aromatic nitrogens is 1. The van der Waals surface area contributed by atoms with E-state index in [-0.39, 0.29) is 34.6 Å². The lowest BCUT2D eigenvalue weighted by Gasteiger charge is -2.50. The molecule has 6 atom stereocenters. The van der Waals surface area contributed by atoms with Crippen molar-refractivity contribution in [2.45, 2.75) is 37.3 Å². The molecule has 0 spiro atoms. The van der Waals surface area contributed by atoms with Crippen molar-refractivity contribution in [3.63, 3.8) is 0 Å². The molecule has 10 nitrogen and oxygen atoms in total. The number of alkyl halides is 3. The molecule has 2 aliphatic heterocycles. The second-order valence-electron chi connectivity index (χ2n) is 14.4. The molecule has 4 aromatic rings. The standard InChI is InChI=1S/C40H29BrCl3F3N4O6/c1-17-3-8-22(14-28(17)43)50-35(53)24-10-9-23-25(31(24)37(50)55)15-26-36(54)51(49-34-29(44)13-20(16-48-34)40(45,46)47)38(56)39(26,19-4-6-21(42)7-5-19)32(23)18-11-27(41)33(52)30(12-18)57-2/h3-9,11-14,16,24-26,31-32,52H,10,15H2,1-2H3,(H,48,49)/t24-,25+,26-,31-,32-,39+/m0/s1. The van der Waals surface area contributed by atoms with Gasteiger partial charge in [-0.2, -0.15) is 18.2 Å². The lowest BCUT2D eigenvalue weighted by atomic mass is 9.49. The van der Waals surface area contributed by atoms with Crippen molar-refractivity contribution in [2.75, 3.05) is 17.4 Å². The Hall–Kier alpha value is -4.63. The molecule has 0 unspecified atom stereocenters. The summed E-state index contributed by atoms with van der Waals surface area (Å²) < 4.78 is 46.3. The average Bonchev–Trinajstić information content (AvgIpc) is 3.55. The van der Waals surface area contributed by atoms with E-state index in [4.69, 9.17) is 39.5 Å². The molecule has 4 aliphatic rings. The van der Waals surface area contributed by atoms with Gasteiger partial charge in [0.25, 0.3) is 11.8 Å². The van der Waals surface area contributed by atoms with Gasteiger partial charge in [-0.3, -0.25) is 24.6 Å². The van der Waals surface area contributed by atoms with Gasteiger partial charge in [-0.1, -0.05) is 64.7 Å². The van der Waals surface area contributed by atoms with Gasteiger partial charge in [-0.05, 0) is 101 Å². The summed E-state index contributed by atoms with van der Waals surface area (Å²) >= 11 is 22.5. The Balaban J connectivity index is 1.33. The highest BCUT2D eigenvalue weighted by atomic mass is 79.9. The van der Waals surface area contributed by atoms with Gasteiger partial charge < -0.3 is 9.84 Å². The first kappa shape index (κ1) is 39.2. The first-order valence-corrected chi connectivity index (χ1v) is 19.5. The van der Waals surface area contributed by atoms with Crippen LogP contribution in [-0.4, -0.2) is 45.8 Å². The number of ether oxygens (including phenoxy) is 1. The smallest absolute Gasteiger partial charge is 0.417 e. The zero-order chi connectivity index (χ0) is 40.9. The van der Waals surface area contributed by atoms with Crippen LogP contribution in [0.1, 0.15) is 41.0 Å². The van der Waals surface area contributed by atoms with Crippen molar-refractivity contribution >= 4 is 85.9 Å². The molecule has 1 aromatic heterocycles. The predicted octanol–water partition coefficient (Wildman–Crippen LogP) is 9.04. The molecule has 2 aliphatic carbocycles. The Bertz CT molecular complexity index is 2450. The van der Waals surface area contributed by atoms with Crippen molar-refractivity contribution in [3.05, 3.63) is 120 Å². The van der Waals surface area contributed by atoms with Crippen LogP contribution >= 0.6 is 50.7 Å². The number of fused-ring (bicyclic) bond motifs is 4. The van der Waals surface area contributed by atoms with Crippen molar-refractivity contribution in [1.29, 1.82) is 0 Å². The molecule has 2 N–H and O–H groups in total. The highest BCUT2D eigenvalue weighted by molar-refractivity contribution is 9.10. The van der Waals surface area contributed by atoms with Crippen LogP contribution < -0.4 is 15.1 Å². The minimum absolute atomic E-state index is 0.0422. The van der Waals surface area contributed by atoms with Crippen molar-refractivity contribution in [2.24, 2.45) is 23.7 Å². The third kappa shape index (κ3) is 6.01. The number of aromatic hydroxyl groups is 1. The minimum atomic E-state index is -4.77. The Morgan fingerprint density at radius 1 is 0.947 bits per heavy atom. The van der Waals surface area contributed by atoms with Crippen molar-refractivity contribution in [1.82, 2.24) is 9.99 Å². The molecule has 294 valence electrons. The lowest BCUT2D eigenvalue weighted by Crippen LogP contribution is -2.53. The highest BCUT2D eigenvalue weighted by Gasteiger charge is 2.70. The number of rotatable bonds is 6. The fraction of sp³-hybridized carbons (Fsp3) is 0.275. The molecule has 1 saturated carbocycles. The van der Waals surface area contributed by atoms with E-state index in [1.807, 2.05) is 6.08 Å². The maximum Gasteiger partial charge on any atom is 0.417 e. The summed E-state index contributed by atoms with van der Waals surface area (Å²) in [5, 5.41) is 11.8. The number of aryl methyl sites for hydroxylation is 1. The van der Waals surface area contributed by atoms with E-state index in [0.717, 1.165) is 10.5 Å². The van der Waals surface area contributed by atoms with Crippen LogP contribution in [0.5, 0.6) is 11.5 Å². The van der Waals surface area contributed by atoms with E-state index in [0.29, 0.717) is 49.7 Å². The van der Waals surface area contributed by atoms with Crippen LogP contribution in [-0.2, 0) is 30.8 Å². The molecule has 8 rings (SSSR count). The number of hydrogen-bond acceptors (Lipinski definition) is 8. The zero-order valence-electron chi connectivity index (χ0n) is 29.7. The van der Waals surface area contributed by atoms with E-state index in [1.165, 1.54) is 7.11 Å². The van der Waals surface area contributed by atoms with Gasteiger partial charge in [0.15, 0.2) is 17.3 Å². The van der Waals surface area contributed by atoms with Crippen LogP contribution in [0.2, 0.25) is 15.1 Å². The number of nitrogens with one attached hydrogen (secondary N) is 1. The number of nitrogens with zero attached hydrogens (tertiary/aromatic N) is 3. The number of halogens is 7.